The van der Waals surface area contributed by atoms with Crippen molar-refractivity contribution in [1.82, 2.24) is 0 Å². The molecular weight excluding hydrogens is 436 g/mol. The maximum Gasteiger partial charge on any atom is 0.306 e. The Morgan fingerprint density at radius 2 is 1.29 bits per heavy atom. The van der Waals surface area contributed by atoms with Gasteiger partial charge in [0.25, 0.3) is 0 Å². The zero-order valence-electron chi connectivity index (χ0n) is 23.1. The molecule has 0 aliphatic rings. The van der Waals surface area contributed by atoms with Gasteiger partial charge >= 0.3 is 5.97 Å². The molecule has 0 fully saturated rings. The number of unbranched alkanes of at least 4 members (excludes halogenated alkanes) is 12. The average molecular weight is 493 g/mol. The summed E-state index contributed by atoms with van der Waals surface area (Å²) in [5.74, 6) is -0.215. The number of aliphatic hydroxyl groups is 1. The Balaban J connectivity index is 3.48. The van der Waals surface area contributed by atoms with Gasteiger partial charge in [-0.15, -0.1) is 0 Å². The zero-order valence-corrected chi connectivity index (χ0v) is 23.1. The topological polar surface area (TPSA) is 55.8 Å². The van der Waals surface area contributed by atoms with Crippen LogP contribution in [0.15, 0.2) is 36.5 Å². The lowest BCUT2D eigenvalue weighted by molar-refractivity contribution is -0.154. The number of hydrogen-bond donors (Lipinski definition) is 1. The summed E-state index contributed by atoms with van der Waals surface area (Å²) in [6.45, 7) is 5.15. The number of carbonyl (C=O) groups is 1. The van der Waals surface area contributed by atoms with Crippen molar-refractivity contribution in [3.8, 4) is 0 Å². The molecule has 1 atom stereocenters. The van der Waals surface area contributed by atoms with Gasteiger partial charge in [0.2, 0.25) is 0 Å². The molecule has 0 aromatic rings. The van der Waals surface area contributed by atoms with Crippen molar-refractivity contribution < 1.29 is 19.4 Å². The molecule has 0 aromatic carbocycles. The second-order valence-electron chi connectivity index (χ2n) is 9.44. The number of rotatable bonds is 26. The molecule has 4 heteroatoms. The molecule has 1 N–H and O–H groups in total. The Kier molecular flexibility index (Phi) is 27.7. The van der Waals surface area contributed by atoms with E-state index < -0.39 is 6.10 Å². The van der Waals surface area contributed by atoms with Crippen molar-refractivity contribution in [2.24, 2.45) is 0 Å². The molecule has 0 radical (unpaired) electrons. The van der Waals surface area contributed by atoms with Crippen LogP contribution < -0.4 is 0 Å². The SMILES string of the molecule is CC/C=C\C/C=C\C/C=C\CCCCCCCCOCC(CO)OC(=O)CCCCCCCCC. The van der Waals surface area contributed by atoms with Crippen molar-refractivity contribution in [2.45, 2.75) is 136 Å². The molecule has 4 nitrogen and oxygen atoms in total. The van der Waals surface area contributed by atoms with Gasteiger partial charge in [0.05, 0.1) is 13.2 Å². The van der Waals surface area contributed by atoms with Crippen molar-refractivity contribution >= 4 is 5.97 Å². The van der Waals surface area contributed by atoms with E-state index >= 15 is 0 Å². The summed E-state index contributed by atoms with van der Waals surface area (Å²) in [4.78, 5) is 11.9. The first kappa shape index (κ1) is 33.6. The highest BCUT2D eigenvalue weighted by Crippen LogP contribution is 2.10. The Labute approximate surface area is 217 Å². The van der Waals surface area contributed by atoms with Gasteiger partial charge in [-0.3, -0.25) is 4.79 Å². The lowest BCUT2D eigenvalue weighted by Gasteiger charge is -2.15. The Hall–Kier alpha value is -1.39. The maximum atomic E-state index is 11.9. The van der Waals surface area contributed by atoms with Gasteiger partial charge in [0, 0.05) is 13.0 Å². The predicted octanol–water partition coefficient (Wildman–Crippen LogP) is 8.64. The molecule has 1 unspecified atom stereocenters. The fourth-order valence-corrected chi connectivity index (χ4v) is 3.81. The van der Waals surface area contributed by atoms with Crippen molar-refractivity contribution in [1.29, 1.82) is 0 Å². The first-order valence-corrected chi connectivity index (χ1v) is 14.6. The molecular formula is C31H56O4. The molecule has 0 saturated carbocycles. The lowest BCUT2D eigenvalue weighted by atomic mass is 10.1. The highest BCUT2D eigenvalue weighted by atomic mass is 16.6. The normalized spacial score (nSPS) is 12.9. The molecule has 0 amide bonds. The van der Waals surface area contributed by atoms with E-state index in [-0.39, 0.29) is 19.2 Å². The molecule has 0 spiro atoms. The third kappa shape index (κ3) is 27.0. The van der Waals surface area contributed by atoms with Gasteiger partial charge in [-0.2, -0.15) is 0 Å². The fourth-order valence-electron chi connectivity index (χ4n) is 3.81. The Morgan fingerprint density at radius 3 is 1.94 bits per heavy atom. The average Bonchev–Trinajstić information content (AvgIpc) is 2.86. The summed E-state index contributed by atoms with van der Waals surface area (Å²) in [6.07, 6.45) is 33.2. The minimum Gasteiger partial charge on any atom is -0.457 e. The van der Waals surface area contributed by atoms with Gasteiger partial charge in [-0.25, -0.2) is 0 Å². The molecule has 0 bridgehead atoms. The summed E-state index contributed by atoms with van der Waals surface area (Å²) in [6, 6.07) is 0. The number of esters is 1. The Morgan fingerprint density at radius 1 is 0.714 bits per heavy atom. The van der Waals surface area contributed by atoms with E-state index in [0.717, 1.165) is 44.9 Å². The molecule has 0 rings (SSSR count). The van der Waals surface area contributed by atoms with Crippen molar-refractivity contribution in [2.75, 3.05) is 19.8 Å². The van der Waals surface area contributed by atoms with Crippen LogP contribution in [0.2, 0.25) is 0 Å². The summed E-state index contributed by atoms with van der Waals surface area (Å²) in [5.41, 5.74) is 0. The molecule has 35 heavy (non-hydrogen) atoms. The minimum absolute atomic E-state index is 0.177. The summed E-state index contributed by atoms with van der Waals surface area (Å²) in [7, 11) is 0. The summed E-state index contributed by atoms with van der Waals surface area (Å²) < 4.78 is 11.0. The third-order valence-electron chi connectivity index (χ3n) is 5.98. The van der Waals surface area contributed by atoms with Crippen LogP contribution in [-0.4, -0.2) is 37.0 Å². The fraction of sp³-hybridized carbons (Fsp3) is 0.774. The third-order valence-corrected chi connectivity index (χ3v) is 5.98. The number of ether oxygens (including phenoxy) is 2. The van der Waals surface area contributed by atoms with Crippen molar-refractivity contribution in [3.05, 3.63) is 36.5 Å². The van der Waals surface area contributed by atoms with Crippen LogP contribution in [0.25, 0.3) is 0 Å². The quantitative estimate of drug-likeness (QED) is 0.0745. The van der Waals surface area contributed by atoms with Crippen LogP contribution >= 0.6 is 0 Å². The zero-order chi connectivity index (χ0) is 25.7. The van der Waals surface area contributed by atoms with Crippen LogP contribution in [0.1, 0.15) is 129 Å². The standard InChI is InChI=1S/C31H56O4/c1-3-5-7-9-11-12-13-14-15-16-17-18-19-21-23-25-27-34-29-30(28-32)35-31(33)26-24-22-20-10-8-6-4-2/h5,7,11-12,14-15,30,32H,3-4,6,8-10,13,16-29H2,1-2H3/b7-5-,12-11-,15-14-. The minimum atomic E-state index is -0.534. The summed E-state index contributed by atoms with van der Waals surface area (Å²) in [5, 5.41) is 9.44. The van der Waals surface area contributed by atoms with Crippen LogP contribution in [0.5, 0.6) is 0 Å². The molecule has 0 aliphatic heterocycles. The van der Waals surface area contributed by atoms with E-state index in [9.17, 15) is 9.90 Å². The van der Waals surface area contributed by atoms with Gasteiger partial charge in [0.1, 0.15) is 6.10 Å². The molecule has 0 aromatic heterocycles. The van der Waals surface area contributed by atoms with Crippen LogP contribution in [-0.2, 0) is 14.3 Å². The maximum absolute atomic E-state index is 11.9. The monoisotopic (exact) mass is 492 g/mol. The number of hydrogen-bond acceptors (Lipinski definition) is 4. The van der Waals surface area contributed by atoms with Gasteiger partial charge in [-0.1, -0.05) is 115 Å². The number of allylic oxidation sites excluding steroid dienone is 6. The summed E-state index contributed by atoms with van der Waals surface area (Å²) >= 11 is 0. The second-order valence-corrected chi connectivity index (χ2v) is 9.44. The number of carbonyl (C=O) groups excluding carboxylic acids is 1. The van der Waals surface area contributed by atoms with E-state index in [1.54, 1.807) is 0 Å². The van der Waals surface area contributed by atoms with E-state index in [0.29, 0.717) is 13.0 Å². The van der Waals surface area contributed by atoms with Gasteiger partial charge < -0.3 is 14.6 Å². The van der Waals surface area contributed by atoms with Gasteiger partial charge in [-0.05, 0) is 44.9 Å². The van der Waals surface area contributed by atoms with Crippen LogP contribution in [0.4, 0.5) is 0 Å². The van der Waals surface area contributed by atoms with E-state index in [2.05, 4.69) is 50.3 Å². The highest BCUT2D eigenvalue weighted by molar-refractivity contribution is 5.69. The Bertz CT molecular complexity index is 524. The molecule has 0 heterocycles. The molecule has 0 aliphatic carbocycles. The smallest absolute Gasteiger partial charge is 0.306 e. The largest absolute Gasteiger partial charge is 0.457 e. The van der Waals surface area contributed by atoms with E-state index in [4.69, 9.17) is 9.47 Å². The van der Waals surface area contributed by atoms with Crippen LogP contribution in [0.3, 0.4) is 0 Å². The first-order chi connectivity index (χ1) is 17.2. The lowest BCUT2D eigenvalue weighted by Crippen LogP contribution is -2.27. The molecule has 0 saturated heterocycles. The van der Waals surface area contributed by atoms with Crippen molar-refractivity contribution in [3.63, 3.8) is 0 Å². The predicted molar refractivity (Wildman–Crippen MR) is 150 cm³/mol. The molecule has 204 valence electrons. The first-order valence-electron chi connectivity index (χ1n) is 14.6. The van der Waals surface area contributed by atoms with E-state index in [1.807, 2.05) is 0 Å². The second kappa shape index (κ2) is 28.8. The van der Waals surface area contributed by atoms with Crippen LogP contribution in [0, 0.1) is 0 Å². The van der Waals surface area contributed by atoms with E-state index in [1.165, 1.54) is 64.2 Å². The van der Waals surface area contributed by atoms with Gasteiger partial charge in [0.15, 0.2) is 0 Å². The highest BCUT2D eigenvalue weighted by Gasteiger charge is 2.13. The number of aliphatic hydroxyl groups excluding tert-OH is 1.